The number of thiocarbonyl (C=S) groups is 1. The van der Waals surface area contributed by atoms with Crippen molar-refractivity contribution in [3.8, 4) is 0 Å². The largest absolute Gasteiger partial charge is 0.358 e. The zero-order valence-corrected chi connectivity index (χ0v) is 13.2. The quantitative estimate of drug-likeness (QED) is 0.852. The topological polar surface area (TPSA) is 41.9 Å². The highest BCUT2D eigenvalue weighted by atomic mass is 32.1. The third-order valence-electron chi connectivity index (χ3n) is 3.36. The lowest BCUT2D eigenvalue weighted by Gasteiger charge is -2.11. The van der Waals surface area contributed by atoms with Crippen LogP contribution in [0.3, 0.4) is 0 Å². The summed E-state index contributed by atoms with van der Waals surface area (Å²) in [5.74, 6) is -0.266. The monoisotopic (exact) mass is 306 g/mol. The Morgan fingerprint density at radius 1 is 1.29 bits per heavy atom. The molecule has 1 heterocycles. The molecular weight excluding hydrogens is 287 g/mol. The second kappa shape index (κ2) is 6.67. The summed E-state index contributed by atoms with van der Waals surface area (Å²) >= 11 is 5.25. The first-order chi connectivity index (χ1) is 10.0. The number of aromatic nitrogens is 2. The molecule has 0 saturated carbocycles. The number of hydrogen-bond acceptors (Lipinski definition) is 2. The molecule has 0 atom stereocenters. The Kier molecular flexibility index (Phi) is 4.90. The molecule has 0 amide bonds. The number of anilines is 1. The van der Waals surface area contributed by atoms with E-state index in [4.69, 9.17) is 12.2 Å². The molecule has 0 radical (unpaired) electrons. The standard InChI is InChI=1S/C15H19FN4S/c1-4-20-11(3)14(10(2)19-20)9-17-15(21)18-13-7-5-12(16)6-8-13/h5-8H,4,9H2,1-3H3,(H2,17,18,21). The maximum Gasteiger partial charge on any atom is 0.171 e. The predicted molar refractivity (Wildman–Crippen MR) is 86.8 cm³/mol. The molecule has 2 rings (SSSR count). The van der Waals surface area contributed by atoms with Gasteiger partial charge in [0.25, 0.3) is 0 Å². The van der Waals surface area contributed by atoms with Crippen molar-refractivity contribution in [1.82, 2.24) is 15.1 Å². The number of hydrogen-bond donors (Lipinski definition) is 2. The van der Waals surface area contributed by atoms with Gasteiger partial charge in [0.1, 0.15) is 5.82 Å². The fraction of sp³-hybridized carbons (Fsp3) is 0.333. The number of nitrogens with zero attached hydrogens (tertiary/aromatic N) is 2. The van der Waals surface area contributed by atoms with E-state index in [-0.39, 0.29) is 5.82 Å². The summed E-state index contributed by atoms with van der Waals surface area (Å²) in [6.07, 6.45) is 0. The molecule has 1 aromatic heterocycles. The van der Waals surface area contributed by atoms with Crippen molar-refractivity contribution in [3.63, 3.8) is 0 Å². The van der Waals surface area contributed by atoms with Crippen LogP contribution in [0.1, 0.15) is 23.9 Å². The van der Waals surface area contributed by atoms with Crippen LogP contribution in [0.15, 0.2) is 24.3 Å². The zero-order chi connectivity index (χ0) is 15.4. The summed E-state index contributed by atoms with van der Waals surface area (Å²) in [6, 6.07) is 6.08. The molecule has 2 N–H and O–H groups in total. The number of aryl methyl sites for hydroxylation is 2. The lowest BCUT2D eigenvalue weighted by atomic mass is 10.2. The fourth-order valence-corrected chi connectivity index (χ4v) is 2.36. The first-order valence-corrected chi connectivity index (χ1v) is 7.25. The second-order valence-electron chi connectivity index (χ2n) is 4.78. The highest BCUT2D eigenvalue weighted by molar-refractivity contribution is 7.80. The van der Waals surface area contributed by atoms with Gasteiger partial charge in [0.15, 0.2) is 5.11 Å². The number of nitrogens with one attached hydrogen (secondary N) is 2. The average molecular weight is 306 g/mol. The number of rotatable bonds is 4. The van der Waals surface area contributed by atoms with Crippen LogP contribution in [-0.2, 0) is 13.1 Å². The Bertz CT molecular complexity index is 634. The Morgan fingerprint density at radius 3 is 2.52 bits per heavy atom. The van der Waals surface area contributed by atoms with Crippen molar-refractivity contribution in [1.29, 1.82) is 0 Å². The summed E-state index contributed by atoms with van der Waals surface area (Å²) in [4.78, 5) is 0. The predicted octanol–water partition coefficient (Wildman–Crippen LogP) is 3.15. The van der Waals surface area contributed by atoms with E-state index < -0.39 is 0 Å². The molecule has 2 aromatic rings. The molecule has 0 aliphatic rings. The van der Waals surface area contributed by atoms with Crippen molar-refractivity contribution in [3.05, 3.63) is 47.0 Å². The van der Waals surface area contributed by atoms with Crippen molar-refractivity contribution in [2.45, 2.75) is 33.9 Å². The molecule has 0 aliphatic heterocycles. The molecule has 0 aliphatic carbocycles. The average Bonchev–Trinajstić information content (AvgIpc) is 2.74. The molecule has 112 valence electrons. The third-order valence-corrected chi connectivity index (χ3v) is 3.61. The summed E-state index contributed by atoms with van der Waals surface area (Å²) < 4.78 is 14.8. The smallest absolute Gasteiger partial charge is 0.171 e. The Hall–Kier alpha value is -1.95. The molecule has 4 nitrogen and oxygen atoms in total. The van der Waals surface area contributed by atoms with Gasteiger partial charge in [-0.15, -0.1) is 0 Å². The van der Waals surface area contributed by atoms with E-state index >= 15 is 0 Å². The molecule has 6 heteroatoms. The van der Waals surface area contributed by atoms with E-state index in [2.05, 4.69) is 29.6 Å². The molecule has 0 fully saturated rings. The van der Waals surface area contributed by atoms with Gasteiger partial charge in [-0.05, 0) is 57.3 Å². The van der Waals surface area contributed by atoms with Gasteiger partial charge in [-0.3, -0.25) is 4.68 Å². The maximum atomic E-state index is 12.8. The van der Waals surface area contributed by atoms with E-state index in [0.717, 1.165) is 29.2 Å². The lowest BCUT2D eigenvalue weighted by molar-refractivity contribution is 0.628. The van der Waals surface area contributed by atoms with Crippen LogP contribution >= 0.6 is 12.2 Å². The van der Waals surface area contributed by atoms with Crippen LogP contribution in [0, 0.1) is 19.7 Å². The van der Waals surface area contributed by atoms with Gasteiger partial charge in [0, 0.05) is 30.0 Å². The minimum atomic E-state index is -0.266. The van der Waals surface area contributed by atoms with E-state index in [9.17, 15) is 4.39 Å². The van der Waals surface area contributed by atoms with Crippen molar-refractivity contribution < 1.29 is 4.39 Å². The van der Waals surface area contributed by atoms with Gasteiger partial charge < -0.3 is 10.6 Å². The minimum Gasteiger partial charge on any atom is -0.358 e. The lowest BCUT2D eigenvalue weighted by Crippen LogP contribution is -2.28. The first-order valence-electron chi connectivity index (χ1n) is 6.84. The molecule has 0 unspecified atom stereocenters. The maximum absolute atomic E-state index is 12.8. The summed E-state index contributed by atoms with van der Waals surface area (Å²) in [5.41, 5.74) is 4.06. The number of benzene rings is 1. The number of halogens is 1. The van der Waals surface area contributed by atoms with Crippen LogP contribution in [-0.4, -0.2) is 14.9 Å². The van der Waals surface area contributed by atoms with Crippen LogP contribution in [0.5, 0.6) is 0 Å². The van der Waals surface area contributed by atoms with Crippen LogP contribution in [0.2, 0.25) is 0 Å². The van der Waals surface area contributed by atoms with Gasteiger partial charge in [0.2, 0.25) is 0 Å². The van der Waals surface area contributed by atoms with Crippen molar-refractivity contribution in [2.24, 2.45) is 0 Å². The van der Waals surface area contributed by atoms with Gasteiger partial charge in [-0.25, -0.2) is 4.39 Å². The minimum absolute atomic E-state index is 0.266. The van der Waals surface area contributed by atoms with Crippen LogP contribution < -0.4 is 10.6 Å². The van der Waals surface area contributed by atoms with Gasteiger partial charge in [-0.2, -0.15) is 5.10 Å². The zero-order valence-electron chi connectivity index (χ0n) is 12.4. The normalized spacial score (nSPS) is 10.5. The van der Waals surface area contributed by atoms with E-state index in [1.165, 1.54) is 12.1 Å². The van der Waals surface area contributed by atoms with E-state index in [0.29, 0.717) is 11.7 Å². The molecule has 1 aromatic carbocycles. The first kappa shape index (κ1) is 15.4. The van der Waals surface area contributed by atoms with Gasteiger partial charge >= 0.3 is 0 Å². The Morgan fingerprint density at radius 2 is 1.95 bits per heavy atom. The highest BCUT2D eigenvalue weighted by Crippen LogP contribution is 2.13. The Balaban J connectivity index is 1.95. The molecule has 21 heavy (non-hydrogen) atoms. The van der Waals surface area contributed by atoms with Crippen LogP contribution in [0.25, 0.3) is 0 Å². The second-order valence-corrected chi connectivity index (χ2v) is 5.19. The molecule has 0 spiro atoms. The van der Waals surface area contributed by atoms with Gasteiger partial charge in [0.05, 0.1) is 5.69 Å². The third kappa shape index (κ3) is 3.78. The van der Waals surface area contributed by atoms with Gasteiger partial charge in [-0.1, -0.05) is 0 Å². The van der Waals surface area contributed by atoms with Crippen molar-refractivity contribution in [2.75, 3.05) is 5.32 Å². The SMILES string of the molecule is CCn1nc(C)c(CNC(=S)Nc2ccc(F)cc2)c1C. The summed E-state index contributed by atoms with van der Waals surface area (Å²) in [7, 11) is 0. The fourth-order valence-electron chi connectivity index (χ4n) is 2.17. The summed E-state index contributed by atoms with van der Waals surface area (Å²) in [6.45, 7) is 7.58. The van der Waals surface area contributed by atoms with Crippen molar-refractivity contribution >= 4 is 23.0 Å². The van der Waals surface area contributed by atoms with E-state index in [1.807, 2.05) is 11.6 Å². The molecular formula is C15H19FN4S. The molecule has 0 saturated heterocycles. The van der Waals surface area contributed by atoms with Crippen LogP contribution in [0.4, 0.5) is 10.1 Å². The Labute approximate surface area is 129 Å². The molecule has 0 bridgehead atoms. The summed E-state index contributed by atoms with van der Waals surface area (Å²) in [5, 5.41) is 11.2. The highest BCUT2D eigenvalue weighted by Gasteiger charge is 2.10. The van der Waals surface area contributed by atoms with E-state index in [1.54, 1.807) is 12.1 Å².